The molecule has 0 saturated carbocycles. The average Bonchev–Trinajstić information content (AvgIpc) is 3.32. The van der Waals surface area contributed by atoms with E-state index in [1.165, 1.54) is 11.0 Å². The Hall–Kier alpha value is -2.53. The fourth-order valence-corrected chi connectivity index (χ4v) is 4.39. The zero-order valence-electron chi connectivity index (χ0n) is 16.8. The van der Waals surface area contributed by atoms with E-state index in [1.807, 2.05) is 11.8 Å². The number of cyclic esters (lactones) is 1. The second-order valence-electron chi connectivity index (χ2n) is 7.27. The summed E-state index contributed by atoms with van der Waals surface area (Å²) in [5, 5.41) is 13.1. The zero-order chi connectivity index (χ0) is 21.3. The van der Waals surface area contributed by atoms with Gasteiger partial charge in [-0.2, -0.15) is 0 Å². The van der Waals surface area contributed by atoms with Crippen LogP contribution in [0, 0.1) is 12.7 Å². The summed E-state index contributed by atoms with van der Waals surface area (Å²) in [6.07, 6.45) is -0.799. The minimum absolute atomic E-state index is 0.324. The number of carbonyl (C=O) groups is 1. The lowest BCUT2D eigenvalue weighted by Gasteiger charge is -2.36. The molecule has 1 aromatic heterocycles. The first-order valence-electron chi connectivity index (χ1n) is 9.73. The maximum Gasteiger partial charge on any atom is 0.414 e. The lowest BCUT2D eigenvalue weighted by molar-refractivity contribution is 0.143. The summed E-state index contributed by atoms with van der Waals surface area (Å²) in [5.41, 5.74) is 1.03. The molecule has 1 aromatic carbocycles. The minimum Gasteiger partial charge on any atom is -0.442 e. The van der Waals surface area contributed by atoms with Crippen LogP contribution in [0.15, 0.2) is 18.2 Å². The van der Waals surface area contributed by atoms with E-state index in [0.717, 1.165) is 23.2 Å². The van der Waals surface area contributed by atoms with Crippen molar-refractivity contribution in [3.63, 3.8) is 0 Å². The van der Waals surface area contributed by atoms with E-state index in [4.69, 9.17) is 17.0 Å². The summed E-state index contributed by atoms with van der Waals surface area (Å²) in [4.78, 5) is 18.5. The number of piperazine rings is 1. The Morgan fingerprint density at radius 3 is 2.67 bits per heavy atom. The Bertz CT molecular complexity index is 947. The van der Waals surface area contributed by atoms with Crippen LogP contribution in [-0.4, -0.2) is 66.7 Å². The number of anilines is 3. The van der Waals surface area contributed by atoms with Crippen LogP contribution >= 0.6 is 23.6 Å². The van der Waals surface area contributed by atoms with Gasteiger partial charge in [-0.3, -0.25) is 4.90 Å². The minimum atomic E-state index is -0.475. The molecule has 3 heterocycles. The molecule has 160 valence electrons. The quantitative estimate of drug-likeness (QED) is 0.697. The van der Waals surface area contributed by atoms with Crippen LogP contribution in [-0.2, 0) is 4.74 Å². The Balaban J connectivity index is 1.39. The van der Waals surface area contributed by atoms with E-state index in [1.54, 1.807) is 30.4 Å². The van der Waals surface area contributed by atoms with Crippen LogP contribution in [0.1, 0.15) is 11.9 Å². The van der Waals surface area contributed by atoms with Gasteiger partial charge >= 0.3 is 6.09 Å². The second-order valence-corrected chi connectivity index (χ2v) is 9.04. The van der Waals surface area contributed by atoms with Crippen LogP contribution in [0.2, 0.25) is 0 Å². The maximum atomic E-state index is 14.9. The van der Waals surface area contributed by atoms with Crippen molar-refractivity contribution < 1.29 is 13.9 Å². The van der Waals surface area contributed by atoms with Gasteiger partial charge in [0.2, 0.25) is 5.13 Å². The lowest BCUT2D eigenvalue weighted by atomic mass is 10.2. The fourth-order valence-electron chi connectivity index (χ4n) is 3.57. The van der Waals surface area contributed by atoms with Crippen molar-refractivity contribution in [1.82, 2.24) is 15.5 Å². The molecule has 4 rings (SSSR count). The maximum absolute atomic E-state index is 14.9. The highest BCUT2D eigenvalue weighted by Crippen LogP contribution is 2.29. The third kappa shape index (κ3) is 4.46. The molecule has 11 heteroatoms. The predicted octanol–water partition coefficient (Wildman–Crippen LogP) is 2.57. The second kappa shape index (κ2) is 8.68. The molecule has 2 aliphatic rings. The van der Waals surface area contributed by atoms with E-state index in [-0.39, 0.29) is 11.9 Å². The number of halogens is 1. The summed E-state index contributed by atoms with van der Waals surface area (Å²) in [5.74, 6) is -0.350. The molecule has 1 atom stereocenters. The molecule has 30 heavy (non-hydrogen) atoms. The third-order valence-electron chi connectivity index (χ3n) is 5.10. The monoisotopic (exact) mass is 450 g/mol. The van der Waals surface area contributed by atoms with Gasteiger partial charge in [-0.05, 0) is 32.0 Å². The molecule has 8 nitrogen and oxygen atoms in total. The van der Waals surface area contributed by atoms with E-state index in [2.05, 4.69) is 20.4 Å². The van der Waals surface area contributed by atoms with Crippen molar-refractivity contribution in [3.05, 3.63) is 29.0 Å². The van der Waals surface area contributed by atoms with E-state index in [9.17, 15) is 9.18 Å². The molecule has 0 aliphatic carbocycles. The molecule has 2 saturated heterocycles. The first kappa shape index (κ1) is 20.7. The van der Waals surface area contributed by atoms with Crippen LogP contribution < -0.4 is 20.0 Å². The number of nitrogens with zero attached hydrogens (tertiary/aromatic N) is 5. The highest BCUT2D eigenvalue weighted by molar-refractivity contribution is 7.80. The van der Waals surface area contributed by atoms with Gasteiger partial charge in [-0.1, -0.05) is 23.6 Å². The lowest BCUT2D eigenvalue weighted by Crippen LogP contribution is -2.46. The van der Waals surface area contributed by atoms with Crippen LogP contribution in [0.5, 0.6) is 0 Å². The average molecular weight is 451 g/mol. The van der Waals surface area contributed by atoms with E-state index >= 15 is 0 Å². The first-order chi connectivity index (χ1) is 14.4. The molecular formula is C19H23FN6O2S2. The third-order valence-corrected chi connectivity index (χ3v) is 6.15. The van der Waals surface area contributed by atoms with Crippen molar-refractivity contribution in [3.8, 4) is 0 Å². The Morgan fingerprint density at radius 2 is 2.03 bits per heavy atom. The summed E-state index contributed by atoms with van der Waals surface area (Å²) in [6, 6.07) is 4.90. The molecule has 1 amide bonds. The number of ether oxygens (including phenoxy) is 1. The topological polar surface area (TPSA) is 73.8 Å². The standard InChI is InChI=1S/C19H23FN6O2S2/c1-12(29)21-10-15-11-26(19(27)28-15)14-3-4-17(16(20)9-14)24-5-7-25(8-6-24)18-23-22-13(2)30-18/h3-4,9,15H,5-8,10-11H2,1-2H3,(H,21,29)/t15-/m0/s1. The van der Waals surface area contributed by atoms with Crippen molar-refractivity contribution in [1.29, 1.82) is 0 Å². The number of hydrogen-bond donors (Lipinski definition) is 1. The van der Waals surface area contributed by atoms with E-state index in [0.29, 0.717) is 42.5 Å². The smallest absolute Gasteiger partial charge is 0.414 e. The molecule has 2 fully saturated rings. The van der Waals surface area contributed by atoms with Gasteiger partial charge < -0.3 is 19.9 Å². The van der Waals surface area contributed by atoms with Gasteiger partial charge in [0.15, 0.2) is 0 Å². The van der Waals surface area contributed by atoms with Gasteiger partial charge in [0, 0.05) is 26.2 Å². The Kier molecular flexibility index (Phi) is 6.00. The normalized spacial score (nSPS) is 19.2. The molecule has 1 N–H and O–H groups in total. The van der Waals surface area contributed by atoms with Gasteiger partial charge in [-0.15, -0.1) is 10.2 Å². The highest BCUT2D eigenvalue weighted by Gasteiger charge is 2.33. The van der Waals surface area contributed by atoms with Crippen LogP contribution in [0.25, 0.3) is 0 Å². The summed E-state index contributed by atoms with van der Waals surface area (Å²) in [7, 11) is 0. The molecule has 0 spiro atoms. The molecule has 0 radical (unpaired) electrons. The summed E-state index contributed by atoms with van der Waals surface area (Å²) < 4.78 is 20.2. The molecule has 2 aliphatic heterocycles. The van der Waals surface area contributed by atoms with Crippen molar-refractivity contribution in [2.24, 2.45) is 0 Å². The van der Waals surface area contributed by atoms with Gasteiger partial charge in [0.1, 0.15) is 16.9 Å². The van der Waals surface area contributed by atoms with Crippen molar-refractivity contribution in [2.75, 3.05) is 54.0 Å². The summed E-state index contributed by atoms with van der Waals surface area (Å²) in [6.45, 7) is 7.37. The number of hydrogen-bond acceptors (Lipinski definition) is 8. The number of thiocarbonyl (C=S) groups is 1. The Morgan fingerprint density at radius 1 is 1.30 bits per heavy atom. The van der Waals surface area contributed by atoms with Gasteiger partial charge in [-0.25, -0.2) is 9.18 Å². The molecular weight excluding hydrogens is 427 g/mol. The highest BCUT2D eigenvalue weighted by atomic mass is 32.1. The predicted molar refractivity (Wildman–Crippen MR) is 119 cm³/mol. The zero-order valence-corrected chi connectivity index (χ0v) is 18.4. The van der Waals surface area contributed by atoms with Gasteiger partial charge in [0.05, 0.1) is 29.5 Å². The van der Waals surface area contributed by atoms with Gasteiger partial charge in [0.25, 0.3) is 0 Å². The number of carbonyl (C=O) groups excluding carboxylic acids is 1. The van der Waals surface area contributed by atoms with Crippen LogP contribution in [0.4, 0.5) is 25.7 Å². The molecule has 2 aromatic rings. The number of aromatic nitrogens is 2. The van der Waals surface area contributed by atoms with Crippen LogP contribution in [0.3, 0.4) is 0 Å². The van der Waals surface area contributed by atoms with Crippen molar-refractivity contribution >= 4 is 51.1 Å². The largest absolute Gasteiger partial charge is 0.442 e. The Labute approximate surface area is 183 Å². The van der Waals surface area contributed by atoms with E-state index < -0.39 is 6.09 Å². The number of aryl methyl sites for hydroxylation is 1. The molecule has 0 bridgehead atoms. The number of nitrogens with one attached hydrogen (secondary N) is 1. The fraction of sp³-hybridized carbons (Fsp3) is 0.474. The van der Waals surface area contributed by atoms with Crippen molar-refractivity contribution in [2.45, 2.75) is 20.0 Å². The SMILES string of the molecule is CC(=S)NC[C@H]1CN(c2ccc(N3CCN(c4nnc(C)s4)CC3)c(F)c2)C(=O)O1. The number of benzene rings is 1. The summed E-state index contributed by atoms with van der Waals surface area (Å²) >= 11 is 6.55. The number of rotatable bonds is 5. The number of amides is 1. The first-order valence-corrected chi connectivity index (χ1v) is 11.0. The molecule has 0 unspecified atom stereocenters.